The van der Waals surface area contributed by atoms with Gasteiger partial charge in [-0.1, -0.05) is 346 Å². The molecule has 0 amide bonds. The highest BCUT2D eigenvalue weighted by Crippen LogP contribution is 2.19. The first-order valence-electron chi connectivity index (χ1n) is 36.0. The molecule has 0 aromatic rings. The SMILES string of the molecule is CCCC/C=C\C/C=C\CCCCCCCC(=O)OCC(COC(=O)CCCCCCCCCCCCCCCCCCCCCCCCCCCCCCCC)OC(=O)CCCCCCCCC/C=C\CCCCCCCCC. The van der Waals surface area contributed by atoms with Crippen molar-refractivity contribution < 1.29 is 28.6 Å². The number of allylic oxidation sites excluding steroid dienone is 6. The van der Waals surface area contributed by atoms with Gasteiger partial charge in [-0.2, -0.15) is 0 Å². The molecule has 0 heterocycles. The van der Waals surface area contributed by atoms with Crippen LogP contribution in [0.3, 0.4) is 0 Å². The molecule has 6 nitrogen and oxygen atoms in total. The zero-order valence-corrected chi connectivity index (χ0v) is 54.1. The van der Waals surface area contributed by atoms with Crippen molar-refractivity contribution in [2.45, 2.75) is 406 Å². The third-order valence-corrected chi connectivity index (χ3v) is 16.4. The van der Waals surface area contributed by atoms with Crippen LogP contribution in [0.25, 0.3) is 0 Å². The van der Waals surface area contributed by atoms with Gasteiger partial charge in [-0.3, -0.25) is 14.4 Å². The van der Waals surface area contributed by atoms with Crippen LogP contribution < -0.4 is 0 Å². The van der Waals surface area contributed by atoms with Crippen molar-refractivity contribution in [3.63, 3.8) is 0 Å². The molecule has 0 rings (SSSR count). The van der Waals surface area contributed by atoms with Crippen LogP contribution in [0.15, 0.2) is 36.5 Å². The standard InChI is InChI=1S/C74H138O6/c1-4-7-10-13-16-19-22-25-28-30-32-33-34-35-36-37-38-39-40-41-42-43-45-46-49-52-55-58-61-64-67-73(76)79-70-71(69-78-72(75)66-63-60-57-54-51-48-27-24-21-18-15-12-9-6-3)80-74(77)68-65-62-59-56-53-50-47-44-31-29-26-23-20-17-14-11-8-5-2/h15,18,24,27,29,31,71H,4-14,16-17,19-23,25-26,28,30,32-70H2,1-3H3/b18-15-,27-24-,31-29-. The maximum Gasteiger partial charge on any atom is 0.306 e. The molecule has 0 spiro atoms. The smallest absolute Gasteiger partial charge is 0.306 e. The van der Waals surface area contributed by atoms with E-state index in [9.17, 15) is 14.4 Å². The van der Waals surface area contributed by atoms with Crippen molar-refractivity contribution in [2.75, 3.05) is 13.2 Å². The summed E-state index contributed by atoms with van der Waals surface area (Å²) in [5, 5.41) is 0. The van der Waals surface area contributed by atoms with E-state index >= 15 is 0 Å². The highest BCUT2D eigenvalue weighted by molar-refractivity contribution is 5.71. The molecule has 0 aliphatic carbocycles. The van der Waals surface area contributed by atoms with E-state index < -0.39 is 6.10 Å². The van der Waals surface area contributed by atoms with Gasteiger partial charge >= 0.3 is 17.9 Å². The summed E-state index contributed by atoms with van der Waals surface area (Å²) in [6, 6.07) is 0. The van der Waals surface area contributed by atoms with Crippen LogP contribution in [0.2, 0.25) is 0 Å². The summed E-state index contributed by atoms with van der Waals surface area (Å²) in [5.74, 6) is -0.866. The summed E-state index contributed by atoms with van der Waals surface area (Å²) >= 11 is 0. The summed E-state index contributed by atoms with van der Waals surface area (Å²) in [4.78, 5) is 38.4. The Labute approximate surface area is 499 Å². The van der Waals surface area contributed by atoms with Gasteiger partial charge in [0.15, 0.2) is 6.10 Å². The zero-order valence-electron chi connectivity index (χ0n) is 54.1. The molecule has 0 aromatic heterocycles. The second kappa shape index (κ2) is 69.1. The molecule has 0 fully saturated rings. The number of hydrogen-bond donors (Lipinski definition) is 0. The fourth-order valence-electron chi connectivity index (χ4n) is 10.9. The molecule has 0 radical (unpaired) electrons. The van der Waals surface area contributed by atoms with Crippen LogP contribution >= 0.6 is 0 Å². The predicted molar refractivity (Wildman–Crippen MR) is 349 cm³/mol. The lowest BCUT2D eigenvalue weighted by molar-refractivity contribution is -0.167. The molecule has 0 aliphatic heterocycles. The number of carbonyl (C=O) groups is 3. The highest BCUT2D eigenvalue weighted by Gasteiger charge is 2.19. The van der Waals surface area contributed by atoms with E-state index in [1.807, 2.05) is 0 Å². The van der Waals surface area contributed by atoms with Gasteiger partial charge in [-0.05, 0) is 70.6 Å². The number of ether oxygens (including phenoxy) is 3. The minimum Gasteiger partial charge on any atom is -0.462 e. The molecule has 0 bridgehead atoms. The zero-order chi connectivity index (χ0) is 57.8. The summed E-state index contributed by atoms with van der Waals surface area (Å²) in [5.41, 5.74) is 0. The molecule has 0 aromatic carbocycles. The Morgan fingerprint density at radius 2 is 0.463 bits per heavy atom. The van der Waals surface area contributed by atoms with Crippen molar-refractivity contribution in [3.8, 4) is 0 Å². The van der Waals surface area contributed by atoms with Gasteiger partial charge in [0.1, 0.15) is 13.2 Å². The van der Waals surface area contributed by atoms with Crippen LogP contribution in [0.5, 0.6) is 0 Å². The summed E-state index contributed by atoms with van der Waals surface area (Å²) in [7, 11) is 0. The van der Waals surface area contributed by atoms with E-state index in [4.69, 9.17) is 14.2 Å². The van der Waals surface area contributed by atoms with Crippen molar-refractivity contribution >= 4 is 17.9 Å². The Bertz CT molecular complexity index is 1340. The molecule has 80 heavy (non-hydrogen) atoms. The van der Waals surface area contributed by atoms with Gasteiger partial charge in [0, 0.05) is 19.3 Å². The van der Waals surface area contributed by atoms with Crippen molar-refractivity contribution in [1.29, 1.82) is 0 Å². The van der Waals surface area contributed by atoms with Gasteiger partial charge in [0.2, 0.25) is 0 Å². The molecular weight excluding hydrogens is 985 g/mol. The van der Waals surface area contributed by atoms with E-state index in [-0.39, 0.29) is 31.1 Å². The van der Waals surface area contributed by atoms with Gasteiger partial charge in [-0.25, -0.2) is 0 Å². The van der Waals surface area contributed by atoms with E-state index in [2.05, 4.69) is 57.2 Å². The molecule has 1 unspecified atom stereocenters. The maximum absolute atomic E-state index is 12.9. The lowest BCUT2D eigenvalue weighted by Crippen LogP contribution is -2.30. The Kier molecular flexibility index (Phi) is 67.1. The van der Waals surface area contributed by atoms with Crippen molar-refractivity contribution in [3.05, 3.63) is 36.5 Å². The summed E-state index contributed by atoms with van der Waals surface area (Å²) in [6.45, 7) is 6.65. The third-order valence-electron chi connectivity index (χ3n) is 16.4. The Morgan fingerprint density at radius 1 is 0.250 bits per heavy atom. The number of rotatable bonds is 67. The number of unbranched alkanes of at least 4 members (excludes halogenated alkanes) is 50. The minimum absolute atomic E-state index is 0.0741. The normalized spacial score (nSPS) is 12.2. The van der Waals surface area contributed by atoms with Gasteiger partial charge in [0.05, 0.1) is 0 Å². The molecular formula is C74H138O6. The van der Waals surface area contributed by atoms with Crippen LogP contribution in [0, 0.1) is 0 Å². The van der Waals surface area contributed by atoms with E-state index in [1.165, 1.54) is 283 Å². The first kappa shape index (κ1) is 77.6. The molecule has 0 N–H and O–H groups in total. The largest absolute Gasteiger partial charge is 0.462 e. The minimum atomic E-state index is -0.779. The Morgan fingerprint density at radius 3 is 0.738 bits per heavy atom. The van der Waals surface area contributed by atoms with Gasteiger partial charge in [0.25, 0.3) is 0 Å². The molecule has 470 valence electrons. The first-order valence-corrected chi connectivity index (χ1v) is 36.0. The van der Waals surface area contributed by atoms with Gasteiger partial charge < -0.3 is 14.2 Å². The number of esters is 3. The molecule has 0 saturated carbocycles. The average molecular weight is 1120 g/mol. The predicted octanol–water partition coefficient (Wildman–Crippen LogP) is 24.7. The average Bonchev–Trinajstić information content (AvgIpc) is 3.46. The second-order valence-electron chi connectivity index (χ2n) is 24.5. The number of carbonyl (C=O) groups excluding carboxylic acids is 3. The lowest BCUT2D eigenvalue weighted by Gasteiger charge is -2.18. The number of hydrogen-bond acceptors (Lipinski definition) is 6. The summed E-state index contributed by atoms with van der Waals surface area (Å²) < 4.78 is 17.0. The quantitative estimate of drug-likeness (QED) is 0.0261. The summed E-state index contributed by atoms with van der Waals surface area (Å²) in [6.07, 6.45) is 86.2. The van der Waals surface area contributed by atoms with E-state index in [1.54, 1.807) is 0 Å². The van der Waals surface area contributed by atoms with Crippen LogP contribution in [0.4, 0.5) is 0 Å². The molecule has 0 aliphatic rings. The molecule has 6 heteroatoms. The fourth-order valence-corrected chi connectivity index (χ4v) is 10.9. The van der Waals surface area contributed by atoms with Crippen LogP contribution in [0.1, 0.15) is 400 Å². The monoisotopic (exact) mass is 1120 g/mol. The third kappa shape index (κ3) is 66.4. The lowest BCUT2D eigenvalue weighted by atomic mass is 10.0. The van der Waals surface area contributed by atoms with Crippen molar-refractivity contribution in [2.24, 2.45) is 0 Å². The van der Waals surface area contributed by atoms with Gasteiger partial charge in [-0.15, -0.1) is 0 Å². The van der Waals surface area contributed by atoms with Crippen molar-refractivity contribution in [1.82, 2.24) is 0 Å². The topological polar surface area (TPSA) is 78.9 Å². The van der Waals surface area contributed by atoms with Crippen LogP contribution in [-0.2, 0) is 28.6 Å². The fraction of sp³-hybridized carbons (Fsp3) is 0.878. The molecule has 0 saturated heterocycles. The Balaban J connectivity index is 4.17. The first-order chi connectivity index (χ1) is 39.5. The highest BCUT2D eigenvalue weighted by atomic mass is 16.6. The second-order valence-corrected chi connectivity index (χ2v) is 24.5. The molecule has 1 atom stereocenters. The van der Waals surface area contributed by atoms with E-state index in [0.29, 0.717) is 19.3 Å². The van der Waals surface area contributed by atoms with Crippen LogP contribution in [-0.4, -0.2) is 37.2 Å². The van der Waals surface area contributed by atoms with E-state index in [0.717, 1.165) is 77.0 Å². The maximum atomic E-state index is 12.9. The Hall–Kier alpha value is -2.37.